The van der Waals surface area contributed by atoms with Crippen molar-refractivity contribution in [3.63, 3.8) is 0 Å². The van der Waals surface area contributed by atoms with Crippen molar-refractivity contribution in [3.05, 3.63) is 0 Å². The third-order valence-corrected chi connectivity index (χ3v) is 7.14. The second-order valence-corrected chi connectivity index (χ2v) is 11.3. The summed E-state index contributed by atoms with van der Waals surface area (Å²) in [6, 6.07) is 0. The molecule has 0 saturated carbocycles. The lowest BCUT2D eigenvalue weighted by Gasteiger charge is -2.12. The minimum Gasteiger partial charge on any atom is -0.483 e. The Kier molecular flexibility index (Phi) is 8.24. The zero-order valence-corrected chi connectivity index (χ0v) is 16.7. The van der Waals surface area contributed by atoms with Gasteiger partial charge in [-0.15, -0.1) is 35.3 Å². The fraction of sp³-hybridized carbons (Fsp3) is 0.733. The molecule has 1 nitrogen and oxygen atoms in total. The van der Waals surface area contributed by atoms with Crippen LogP contribution in [0.4, 0.5) is 0 Å². The smallest absolute Gasteiger partial charge is 0.189 e. The van der Waals surface area contributed by atoms with E-state index in [4.69, 9.17) is 4.74 Å². The van der Waals surface area contributed by atoms with Crippen LogP contribution in [-0.2, 0) is 0 Å². The van der Waals surface area contributed by atoms with E-state index in [1.165, 1.54) is 14.0 Å². The molecule has 0 bridgehead atoms. The molecule has 1 heterocycles. The van der Waals surface area contributed by atoms with Gasteiger partial charge in [-0.25, -0.2) is 0 Å². The molecule has 0 fully saturated rings. The first-order chi connectivity index (χ1) is 9.35. The highest BCUT2D eigenvalue weighted by atomic mass is 32.2. The van der Waals surface area contributed by atoms with E-state index in [9.17, 15) is 0 Å². The fourth-order valence-electron chi connectivity index (χ4n) is 1.55. The Morgan fingerprint density at radius 3 is 1.80 bits per heavy atom. The van der Waals surface area contributed by atoms with Crippen molar-refractivity contribution in [3.8, 4) is 5.06 Å². The Labute approximate surface area is 141 Å². The van der Waals surface area contributed by atoms with Gasteiger partial charge in [0.05, 0.1) is 15.7 Å². The van der Waals surface area contributed by atoms with E-state index in [-0.39, 0.29) is 0 Å². The second-order valence-electron chi connectivity index (χ2n) is 5.27. The van der Waals surface area contributed by atoms with Crippen molar-refractivity contribution < 1.29 is 4.74 Å². The van der Waals surface area contributed by atoms with E-state index in [0.29, 0.717) is 15.7 Å². The molecule has 1 rings (SSSR count). The third-order valence-electron chi connectivity index (χ3n) is 2.09. The molecular weight excluding hydrogens is 324 g/mol. The molecule has 0 saturated heterocycles. The topological polar surface area (TPSA) is 9.23 Å². The van der Waals surface area contributed by atoms with Gasteiger partial charge in [-0.3, -0.25) is 0 Å². The van der Waals surface area contributed by atoms with Gasteiger partial charge in [0.15, 0.2) is 5.06 Å². The predicted molar refractivity (Wildman–Crippen MR) is 98.5 cm³/mol. The fourth-order valence-corrected chi connectivity index (χ4v) is 6.84. The summed E-state index contributed by atoms with van der Waals surface area (Å²) in [7, 11) is 0. The first-order valence-corrected chi connectivity index (χ1v) is 10.6. The van der Waals surface area contributed by atoms with Crippen molar-refractivity contribution in [2.75, 3.05) is 6.61 Å². The first-order valence-electron chi connectivity index (χ1n) is 7.14. The molecule has 0 spiro atoms. The van der Waals surface area contributed by atoms with E-state index in [0.717, 1.165) is 11.7 Å². The van der Waals surface area contributed by atoms with E-state index < -0.39 is 0 Å². The number of thiophene rings is 1. The molecule has 0 N–H and O–H groups in total. The van der Waals surface area contributed by atoms with Gasteiger partial charge in [0, 0.05) is 20.6 Å². The maximum absolute atomic E-state index is 5.89. The zero-order chi connectivity index (χ0) is 15.3. The summed E-state index contributed by atoms with van der Waals surface area (Å²) in [5, 5.41) is 2.88. The van der Waals surface area contributed by atoms with Gasteiger partial charge in [-0.1, -0.05) is 52.9 Å². The summed E-state index contributed by atoms with van der Waals surface area (Å²) in [6.45, 7) is 16.3. The van der Waals surface area contributed by atoms with Crippen LogP contribution in [0.15, 0.2) is 14.0 Å². The monoisotopic (exact) mass is 350 g/mol. The van der Waals surface area contributed by atoms with Crippen LogP contribution in [0.1, 0.15) is 48.5 Å². The molecule has 0 aliphatic carbocycles. The van der Waals surface area contributed by atoms with E-state index >= 15 is 0 Å². The highest BCUT2D eigenvalue weighted by Gasteiger charge is 2.23. The normalized spacial score (nSPS) is 11.9. The van der Waals surface area contributed by atoms with E-state index in [1.807, 2.05) is 46.6 Å². The minimum absolute atomic E-state index is 0.576. The molecule has 0 aliphatic heterocycles. The van der Waals surface area contributed by atoms with Crippen molar-refractivity contribution in [1.29, 1.82) is 0 Å². The standard InChI is InChI=1S/C15H26OS4/c1-8-16-14-12(17-9(2)3)13(18-10(4)5)15(20-14)19-11(6)7/h9-11H,8H2,1-7H3. The van der Waals surface area contributed by atoms with Gasteiger partial charge in [-0.05, 0) is 6.92 Å². The number of thioether (sulfide) groups is 3. The van der Waals surface area contributed by atoms with Crippen LogP contribution in [0.25, 0.3) is 0 Å². The lowest BCUT2D eigenvalue weighted by atomic mass is 10.6. The first kappa shape index (κ1) is 18.6. The largest absolute Gasteiger partial charge is 0.483 e. The number of hydrogen-bond donors (Lipinski definition) is 0. The molecule has 0 unspecified atom stereocenters. The molecule has 20 heavy (non-hydrogen) atoms. The second kappa shape index (κ2) is 8.86. The Morgan fingerprint density at radius 2 is 1.35 bits per heavy atom. The molecule has 0 atom stereocenters. The quantitative estimate of drug-likeness (QED) is 0.485. The van der Waals surface area contributed by atoms with Crippen LogP contribution in [0.3, 0.4) is 0 Å². The highest BCUT2D eigenvalue weighted by Crippen LogP contribution is 2.53. The van der Waals surface area contributed by atoms with Crippen molar-refractivity contribution in [2.45, 2.75) is 78.2 Å². The SMILES string of the molecule is CCOc1sc(SC(C)C)c(SC(C)C)c1SC(C)C. The lowest BCUT2D eigenvalue weighted by Crippen LogP contribution is -1.94. The Bertz CT molecular complexity index is 410. The lowest BCUT2D eigenvalue weighted by molar-refractivity contribution is 0.342. The average molecular weight is 351 g/mol. The number of hydrogen-bond acceptors (Lipinski definition) is 5. The van der Waals surface area contributed by atoms with Crippen LogP contribution in [0.5, 0.6) is 5.06 Å². The summed E-state index contributed by atoms with van der Waals surface area (Å²) in [5.74, 6) is 0. The van der Waals surface area contributed by atoms with Gasteiger partial charge in [0.2, 0.25) is 0 Å². The van der Waals surface area contributed by atoms with Crippen molar-refractivity contribution >= 4 is 46.6 Å². The molecule has 0 aliphatic rings. The maximum atomic E-state index is 5.89. The maximum Gasteiger partial charge on any atom is 0.189 e. The molecule has 116 valence electrons. The van der Waals surface area contributed by atoms with Crippen molar-refractivity contribution in [2.24, 2.45) is 0 Å². The molecule has 1 aromatic heterocycles. The van der Waals surface area contributed by atoms with Crippen LogP contribution < -0.4 is 4.74 Å². The van der Waals surface area contributed by atoms with Gasteiger partial charge in [0.1, 0.15) is 0 Å². The van der Waals surface area contributed by atoms with Crippen LogP contribution >= 0.6 is 46.6 Å². The summed E-state index contributed by atoms with van der Waals surface area (Å²) in [6.07, 6.45) is 0. The summed E-state index contributed by atoms with van der Waals surface area (Å²) in [5.41, 5.74) is 0. The van der Waals surface area contributed by atoms with E-state index in [2.05, 4.69) is 48.5 Å². The van der Waals surface area contributed by atoms with Gasteiger partial charge in [-0.2, -0.15) is 0 Å². The summed E-state index contributed by atoms with van der Waals surface area (Å²) >= 11 is 7.69. The van der Waals surface area contributed by atoms with Crippen molar-refractivity contribution in [1.82, 2.24) is 0 Å². The minimum atomic E-state index is 0.576. The molecule has 1 aromatic rings. The van der Waals surface area contributed by atoms with Crippen LogP contribution in [0, 0.1) is 0 Å². The van der Waals surface area contributed by atoms with E-state index in [1.54, 1.807) is 0 Å². The molecular formula is C15H26OS4. The van der Waals surface area contributed by atoms with Crippen LogP contribution in [0.2, 0.25) is 0 Å². The Balaban J connectivity index is 3.20. The Morgan fingerprint density at radius 1 is 0.850 bits per heavy atom. The molecule has 0 aromatic carbocycles. The van der Waals surface area contributed by atoms with Gasteiger partial charge < -0.3 is 4.74 Å². The molecule has 0 amide bonds. The summed E-state index contributed by atoms with van der Waals surface area (Å²) in [4.78, 5) is 2.79. The van der Waals surface area contributed by atoms with Crippen LogP contribution in [-0.4, -0.2) is 22.4 Å². The Hall–Kier alpha value is 0.550. The van der Waals surface area contributed by atoms with Gasteiger partial charge >= 0.3 is 0 Å². The molecule has 0 radical (unpaired) electrons. The highest BCUT2D eigenvalue weighted by molar-refractivity contribution is 8.05. The summed E-state index contributed by atoms with van der Waals surface area (Å²) < 4.78 is 7.31. The third kappa shape index (κ3) is 5.74. The number of rotatable bonds is 8. The average Bonchev–Trinajstić information content (AvgIpc) is 2.57. The zero-order valence-electron chi connectivity index (χ0n) is 13.5. The van der Waals surface area contributed by atoms with Gasteiger partial charge in [0.25, 0.3) is 0 Å². The number of ether oxygens (including phenoxy) is 1. The molecule has 5 heteroatoms. The predicted octanol–water partition coefficient (Wildman–Crippen LogP) is 6.65.